The van der Waals surface area contributed by atoms with E-state index >= 15 is 0 Å². The molecule has 1 rings (SSSR count). The van der Waals surface area contributed by atoms with E-state index in [0.29, 0.717) is 0 Å². The third kappa shape index (κ3) is 2.04. The first-order valence-electron chi connectivity index (χ1n) is 3.58. The molecular weight excluding hydrogens is 219 g/mol. The SMILES string of the molecule is Cc1cc(C(F)F)c(C(=O)Cl)nc1F. The maximum atomic E-state index is 12.8. The molecule has 76 valence electrons. The highest BCUT2D eigenvalue weighted by Crippen LogP contribution is 2.24. The number of nitrogens with zero attached hydrogens (tertiary/aromatic N) is 1. The van der Waals surface area contributed by atoms with E-state index in [-0.39, 0.29) is 5.56 Å². The van der Waals surface area contributed by atoms with Crippen LogP contribution in [0.2, 0.25) is 0 Å². The summed E-state index contributed by atoms with van der Waals surface area (Å²) in [6.07, 6.45) is -2.90. The van der Waals surface area contributed by atoms with Crippen LogP contribution in [0.5, 0.6) is 0 Å². The largest absolute Gasteiger partial charge is 0.274 e. The second-order valence-electron chi connectivity index (χ2n) is 2.61. The summed E-state index contributed by atoms with van der Waals surface area (Å²) in [5.74, 6) is -0.974. The number of pyridine rings is 1. The molecule has 0 aromatic carbocycles. The van der Waals surface area contributed by atoms with Crippen molar-refractivity contribution in [2.24, 2.45) is 0 Å². The van der Waals surface area contributed by atoms with Gasteiger partial charge in [-0.1, -0.05) is 0 Å². The van der Waals surface area contributed by atoms with Crippen LogP contribution in [0.1, 0.15) is 28.0 Å². The van der Waals surface area contributed by atoms with Gasteiger partial charge >= 0.3 is 0 Å². The predicted octanol–water partition coefficient (Wildman–Crippen LogP) is 2.85. The molecule has 2 nitrogen and oxygen atoms in total. The first-order valence-corrected chi connectivity index (χ1v) is 3.96. The molecule has 0 fully saturated rings. The van der Waals surface area contributed by atoms with Crippen molar-refractivity contribution in [2.45, 2.75) is 13.3 Å². The molecule has 0 aliphatic heterocycles. The Labute approximate surface area is 82.7 Å². The molecule has 0 amide bonds. The van der Waals surface area contributed by atoms with Crippen molar-refractivity contribution in [1.29, 1.82) is 0 Å². The molecule has 0 unspecified atom stereocenters. The first kappa shape index (κ1) is 11.0. The fourth-order valence-corrected chi connectivity index (χ4v) is 1.09. The molecule has 0 N–H and O–H groups in total. The Morgan fingerprint density at radius 2 is 2.14 bits per heavy atom. The van der Waals surface area contributed by atoms with Gasteiger partial charge in [0.2, 0.25) is 5.95 Å². The van der Waals surface area contributed by atoms with Gasteiger partial charge < -0.3 is 0 Å². The van der Waals surface area contributed by atoms with Crippen molar-refractivity contribution in [3.8, 4) is 0 Å². The molecule has 0 spiro atoms. The second-order valence-corrected chi connectivity index (χ2v) is 2.95. The van der Waals surface area contributed by atoms with Crippen LogP contribution in [-0.4, -0.2) is 10.2 Å². The molecule has 14 heavy (non-hydrogen) atoms. The highest BCUT2D eigenvalue weighted by molar-refractivity contribution is 6.67. The van der Waals surface area contributed by atoms with Crippen molar-refractivity contribution in [3.63, 3.8) is 0 Å². The van der Waals surface area contributed by atoms with Gasteiger partial charge in [0.1, 0.15) is 5.69 Å². The van der Waals surface area contributed by atoms with Gasteiger partial charge in [0.15, 0.2) is 0 Å². The molecule has 0 saturated heterocycles. The van der Waals surface area contributed by atoms with Gasteiger partial charge in [-0.15, -0.1) is 0 Å². The minimum Gasteiger partial charge on any atom is -0.274 e. The molecule has 0 bridgehead atoms. The smallest absolute Gasteiger partial charge is 0.271 e. The fraction of sp³-hybridized carbons (Fsp3) is 0.250. The Bertz CT molecular complexity index is 381. The van der Waals surface area contributed by atoms with E-state index in [0.717, 1.165) is 6.07 Å². The molecule has 0 radical (unpaired) electrons. The molecule has 1 aromatic heterocycles. The number of aryl methyl sites for hydroxylation is 1. The predicted molar refractivity (Wildman–Crippen MR) is 44.1 cm³/mol. The molecular formula is C8H5ClF3NO. The average molecular weight is 224 g/mol. The lowest BCUT2D eigenvalue weighted by Crippen LogP contribution is -2.05. The molecule has 0 atom stereocenters. The normalized spacial score (nSPS) is 10.7. The van der Waals surface area contributed by atoms with E-state index in [9.17, 15) is 18.0 Å². The zero-order valence-corrected chi connectivity index (χ0v) is 7.78. The molecule has 1 aromatic rings. The fourth-order valence-electron chi connectivity index (χ4n) is 0.936. The number of hydrogen-bond acceptors (Lipinski definition) is 2. The Morgan fingerprint density at radius 1 is 1.57 bits per heavy atom. The van der Waals surface area contributed by atoms with E-state index in [4.69, 9.17) is 11.6 Å². The van der Waals surface area contributed by atoms with Crippen molar-refractivity contribution >= 4 is 16.8 Å². The third-order valence-electron chi connectivity index (χ3n) is 1.60. The number of alkyl halides is 2. The Morgan fingerprint density at radius 3 is 2.57 bits per heavy atom. The molecule has 0 saturated carbocycles. The van der Waals surface area contributed by atoms with Gasteiger partial charge in [-0.05, 0) is 24.6 Å². The lowest BCUT2D eigenvalue weighted by Gasteiger charge is -2.05. The van der Waals surface area contributed by atoms with E-state index < -0.39 is 28.9 Å². The minimum atomic E-state index is -2.90. The van der Waals surface area contributed by atoms with Crippen molar-refractivity contribution < 1.29 is 18.0 Å². The summed E-state index contributed by atoms with van der Waals surface area (Å²) in [5, 5.41) is -1.20. The quantitative estimate of drug-likeness (QED) is 0.570. The van der Waals surface area contributed by atoms with Gasteiger partial charge in [-0.2, -0.15) is 4.39 Å². The van der Waals surface area contributed by atoms with Crippen LogP contribution in [0.25, 0.3) is 0 Å². The van der Waals surface area contributed by atoms with Crippen molar-refractivity contribution in [2.75, 3.05) is 0 Å². The zero-order valence-electron chi connectivity index (χ0n) is 7.02. The van der Waals surface area contributed by atoms with Gasteiger partial charge in [-0.25, -0.2) is 13.8 Å². The molecule has 6 heteroatoms. The summed E-state index contributed by atoms with van der Waals surface area (Å²) < 4.78 is 37.5. The highest BCUT2D eigenvalue weighted by Gasteiger charge is 2.20. The van der Waals surface area contributed by atoms with Gasteiger partial charge in [0, 0.05) is 11.1 Å². The number of halogens is 4. The number of aromatic nitrogens is 1. The van der Waals surface area contributed by atoms with Crippen molar-refractivity contribution in [1.82, 2.24) is 4.98 Å². The van der Waals surface area contributed by atoms with Gasteiger partial charge in [0.25, 0.3) is 11.7 Å². The second kappa shape index (κ2) is 3.96. The van der Waals surface area contributed by atoms with Crippen LogP contribution >= 0.6 is 11.6 Å². The minimum absolute atomic E-state index is 0.0537. The van der Waals surface area contributed by atoms with Crippen LogP contribution in [0.3, 0.4) is 0 Å². The number of hydrogen-bond donors (Lipinski definition) is 0. The third-order valence-corrected chi connectivity index (χ3v) is 1.78. The van der Waals surface area contributed by atoms with E-state index in [2.05, 4.69) is 4.98 Å². The molecule has 0 aliphatic carbocycles. The monoisotopic (exact) mass is 223 g/mol. The van der Waals surface area contributed by atoms with E-state index in [1.165, 1.54) is 6.92 Å². The number of carbonyl (C=O) groups excluding carboxylic acids is 1. The zero-order chi connectivity index (χ0) is 10.9. The van der Waals surface area contributed by atoms with Crippen LogP contribution in [0.4, 0.5) is 13.2 Å². The maximum absolute atomic E-state index is 12.8. The van der Waals surface area contributed by atoms with E-state index in [1.807, 2.05) is 0 Å². The topological polar surface area (TPSA) is 30.0 Å². The lowest BCUT2D eigenvalue weighted by molar-refractivity contribution is 0.105. The Kier molecular flexibility index (Phi) is 3.10. The summed E-state index contributed by atoms with van der Waals surface area (Å²) in [7, 11) is 0. The molecule has 1 heterocycles. The number of rotatable bonds is 2. The summed E-state index contributed by atoms with van der Waals surface area (Å²) in [6.45, 7) is 1.27. The summed E-state index contributed by atoms with van der Waals surface area (Å²) in [6, 6.07) is 0.864. The first-order chi connectivity index (χ1) is 6.43. The van der Waals surface area contributed by atoms with Crippen LogP contribution in [-0.2, 0) is 0 Å². The maximum Gasteiger partial charge on any atom is 0.271 e. The van der Waals surface area contributed by atoms with Gasteiger partial charge in [-0.3, -0.25) is 4.79 Å². The lowest BCUT2D eigenvalue weighted by atomic mass is 10.1. The highest BCUT2D eigenvalue weighted by atomic mass is 35.5. The standard InChI is InChI=1S/C8H5ClF3NO/c1-3-2-4(7(10)11)5(6(9)14)13-8(3)12/h2,7H,1H3. The van der Waals surface area contributed by atoms with E-state index in [1.54, 1.807) is 0 Å². The van der Waals surface area contributed by atoms with Crippen molar-refractivity contribution in [3.05, 3.63) is 28.8 Å². The summed E-state index contributed by atoms with van der Waals surface area (Å²) >= 11 is 4.98. The van der Waals surface area contributed by atoms with Crippen LogP contribution in [0.15, 0.2) is 6.07 Å². The Balaban J connectivity index is 3.39. The van der Waals surface area contributed by atoms with Gasteiger partial charge in [0.05, 0.1) is 0 Å². The van der Waals surface area contributed by atoms with Crippen LogP contribution < -0.4 is 0 Å². The average Bonchev–Trinajstić information content (AvgIpc) is 2.08. The number of carbonyl (C=O) groups is 1. The summed E-state index contributed by atoms with van der Waals surface area (Å²) in [4.78, 5) is 13.7. The molecule has 0 aliphatic rings. The Hall–Kier alpha value is -1.10. The summed E-state index contributed by atoms with van der Waals surface area (Å²) in [5.41, 5.74) is -1.43. The van der Waals surface area contributed by atoms with Crippen LogP contribution in [0, 0.1) is 12.9 Å².